The fourth-order valence-electron chi connectivity index (χ4n) is 2.72. The molecule has 1 aromatic carbocycles. The average molecular weight is 379 g/mol. The second kappa shape index (κ2) is 6.62. The third-order valence-corrected chi connectivity index (χ3v) is 6.92. The Morgan fingerprint density at radius 3 is 2.38 bits per heavy atom. The molecule has 1 fully saturated rings. The van der Waals surface area contributed by atoms with Crippen LogP contribution in [0.15, 0.2) is 21.5 Å². The Hall–Kier alpha value is -0.660. The second-order valence-corrected chi connectivity index (χ2v) is 8.29. The molecule has 0 spiro atoms. The van der Waals surface area contributed by atoms with Crippen LogP contribution in [0.4, 0.5) is 10.1 Å². The van der Waals surface area contributed by atoms with Gasteiger partial charge < -0.3 is 5.73 Å². The Kier molecular flexibility index (Phi) is 5.27. The van der Waals surface area contributed by atoms with Crippen molar-refractivity contribution in [3.8, 4) is 0 Å². The second-order valence-electron chi connectivity index (χ2n) is 5.47. The summed E-state index contributed by atoms with van der Waals surface area (Å²) >= 11 is 3.12. The minimum Gasteiger partial charge on any atom is -0.396 e. The third-order valence-electron chi connectivity index (χ3n) is 4.05. The summed E-state index contributed by atoms with van der Waals surface area (Å²) in [5.41, 5.74) is 5.35. The van der Waals surface area contributed by atoms with Gasteiger partial charge in [0.25, 0.3) is 0 Å². The largest absolute Gasteiger partial charge is 0.396 e. The molecule has 0 heterocycles. The molecular formula is C14H20BrFN2O2S. The van der Waals surface area contributed by atoms with E-state index in [4.69, 9.17) is 5.73 Å². The van der Waals surface area contributed by atoms with Gasteiger partial charge >= 0.3 is 0 Å². The SMILES string of the molecule is CN(C1CCCCCC1)S(=O)(=O)c1cc(N)c(F)cc1Br. The van der Waals surface area contributed by atoms with Crippen LogP contribution < -0.4 is 5.73 Å². The Morgan fingerprint density at radius 1 is 1.24 bits per heavy atom. The molecule has 0 aliphatic heterocycles. The Morgan fingerprint density at radius 2 is 1.81 bits per heavy atom. The van der Waals surface area contributed by atoms with E-state index in [1.807, 2.05) is 0 Å². The maximum Gasteiger partial charge on any atom is 0.244 e. The van der Waals surface area contributed by atoms with Crippen LogP contribution in [-0.4, -0.2) is 25.8 Å². The number of nitrogens with zero attached hydrogens (tertiary/aromatic N) is 1. The number of hydrogen-bond acceptors (Lipinski definition) is 3. The normalized spacial score (nSPS) is 17.9. The summed E-state index contributed by atoms with van der Waals surface area (Å²) < 4.78 is 40.5. The van der Waals surface area contributed by atoms with E-state index in [1.165, 1.54) is 10.4 Å². The van der Waals surface area contributed by atoms with Gasteiger partial charge in [-0.3, -0.25) is 0 Å². The van der Waals surface area contributed by atoms with Crippen molar-refractivity contribution < 1.29 is 12.8 Å². The summed E-state index contributed by atoms with van der Waals surface area (Å²) in [5.74, 6) is -0.627. The molecule has 0 amide bonds. The van der Waals surface area contributed by atoms with Crippen LogP contribution in [0.2, 0.25) is 0 Å². The highest BCUT2D eigenvalue weighted by molar-refractivity contribution is 9.10. The zero-order valence-electron chi connectivity index (χ0n) is 12.0. The highest BCUT2D eigenvalue weighted by atomic mass is 79.9. The molecule has 0 bridgehead atoms. The van der Waals surface area contributed by atoms with Crippen molar-refractivity contribution in [3.63, 3.8) is 0 Å². The Labute approximate surface area is 133 Å². The molecule has 0 saturated heterocycles. The van der Waals surface area contributed by atoms with Crippen LogP contribution in [0, 0.1) is 5.82 Å². The lowest BCUT2D eigenvalue weighted by molar-refractivity contribution is 0.335. The lowest BCUT2D eigenvalue weighted by Gasteiger charge is -2.27. The molecular weight excluding hydrogens is 359 g/mol. The van der Waals surface area contributed by atoms with Crippen LogP contribution in [0.3, 0.4) is 0 Å². The van der Waals surface area contributed by atoms with Gasteiger partial charge in [-0.1, -0.05) is 25.7 Å². The lowest BCUT2D eigenvalue weighted by Crippen LogP contribution is -2.37. The average Bonchev–Trinajstić information content (AvgIpc) is 2.70. The van der Waals surface area contributed by atoms with E-state index in [1.54, 1.807) is 7.05 Å². The van der Waals surface area contributed by atoms with Gasteiger partial charge in [0.15, 0.2) is 0 Å². The predicted octanol–water partition coefficient (Wildman–Crippen LogP) is 3.51. The van der Waals surface area contributed by atoms with E-state index in [-0.39, 0.29) is 21.1 Å². The maximum absolute atomic E-state index is 13.4. The van der Waals surface area contributed by atoms with Crippen LogP contribution in [0.25, 0.3) is 0 Å². The maximum atomic E-state index is 13.4. The Balaban J connectivity index is 2.34. The van der Waals surface area contributed by atoms with Crippen LogP contribution in [0.5, 0.6) is 0 Å². The lowest BCUT2D eigenvalue weighted by atomic mass is 10.1. The van der Waals surface area contributed by atoms with Gasteiger partial charge in [-0.25, -0.2) is 12.8 Å². The highest BCUT2D eigenvalue weighted by Gasteiger charge is 2.30. The van der Waals surface area contributed by atoms with Crippen molar-refractivity contribution >= 4 is 31.6 Å². The quantitative estimate of drug-likeness (QED) is 0.646. The van der Waals surface area contributed by atoms with Gasteiger partial charge in [-0.2, -0.15) is 4.31 Å². The smallest absolute Gasteiger partial charge is 0.244 e. The first-order chi connectivity index (χ1) is 9.84. The first-order valence-electron chi connectivity index (χ1n) is 7.06. The predicted molar refractivity (Wildman–Crippen MR) is 85.0 cm³/mol. The van der Waals surface area contributed by atoms with Crippen molar-refractivity contribution in [2.75, 3.05) is 12.8 Å². The minimum atomic E-state index is -3.68. The van der Waals surface area contributed by atoms with E-state index >= 15 is 0 Å². The summed E-state index contributed by atoms with van der Waals surface area (Å²) in [5, 5.41) is 0. The first kappa shape index (κ1) is 16.7. The third kappa shape index (κ3) is 3.57. The minimum absolute atomic E-state index is 0.00400. The monoisotopic (exact) mass is 378 g/mol. The Bertz CT molecular complexity index is 614. The summed E-state index contributed by atoms with van der Waals surface area (Å²) in [6.45, 7) is 0. The molecule has 4 nitrogen and oxygen atoms in total. The molecule has 118 valence electrons. The van der Waals surface area contributed by atoms with Gasteiger partial charge in [0.1, 0.15) is 5.82 Å². The van der Waals surface area contributed by atoms with Gasteiger partial charge in [-0.15, -0.1) is 0 Å². The van der Waals surface area contributed by atoms with Crippen molar-refractivity contribution in [2.24, 2.45) is 0 Å². The number of rotatable bonds is 3. The van der Waals surface area contributed by atoms with Gasteiger partial charge in [0, 0.05) is 17.6 Å². The van der Waals surface area contributed by atoms with E-state index < -0.39 is 15.8 Å². The van der Waals surface area contributed by atoms with Gasteiger partial charge in [0.2, 0.25) is 10.0 Å². The molecule has 1 aliphatic carbocycles. The van der Waals surface area contributed by atoms with E-state index in [2.05, 4.69) is 15.9 Å². The van der Waals surface area contributed by atoms with Crippen LogP contribution >= 0.6 is 15.9 Å². The molecule has 0 aromatic heterocycles. The first-order valence-corrected chi connectivity index (χ1v) is 9.30. The topological polar surface area (TPSA) is 63.4 Å². The molecule has 2 N–H and O–H groups in total. The van der Waals surface area contributed by atoms with Crippen molar-refractivity contribution in [1.82, 2.24) is 4.31 Å². The molecule has 0 unspecified atom stereocenters. The summed E-state index contributed by atoms with van der Waals surface area (Å²) in [6.07, 6.45) is 6.11. The molecule has 21 heavy (non-hydrogen) atoms. The number of halogens is 2. The molecule has 2 rings (SSSR count). The fourth-order valence-corrected chi connectivity index (χ4v) is 5.14. The number of anilines is 1. The number of hydrogen-bond donors (Lipinski definition) is 1. The van der Waals surface area contributed by atoms with E-state index in [0.29, 0.717) is 0 Å². The van der Waals surface area contributed by atoms with Crippen LogP contribution in [0.1, 0.15) is 38.5 Å². The van der Waals surface area contributed by atoms with E-state index in [0.717, 1.165) is 44.6 Å². The fraction of sp³-hybridized carbons (Fsp3) is 0.571. The molecule has 1 saturated carbocycles. The molecule has 1 aromatic rings. The summed E-state index contributed by atoms with van der Waals surface area (Å²) in [6, 6.07) is 2.28. The highest BCUT2D eigenvalue weighted by Crippen LogP contribution is 2.31. The van der Waals surface area contributed by atoms with Crippen molar-refractivity contribution in [3.05, 3.63) is 22.4 Å². The van der Waals surface area contributed by atoms with Crippen molar-refractivity contribution in [2.45, 2.75) is 49.5 Å². The van der Waals surface area contributed by atoms with Gasteiger partial charge in [-0.05, 0) is 40.9 Å². The van der Waals surface area contributed by atoms with Crippen molar-refractivity contribution in [1.29, 1.82) is 0 Å². The zero-order chi connectivity index (χ0) is 15.6. The number of sulfonamides is 1. The summed E-state index contributed by atoms with van der Waals surface area (Å²) in [7, 11) is -2.09. The van der Waals surface area contributed by atoms with Gasteiger partial charge in [0.05, 0.1) is 10.6 Å². The number of benzene rings is 1. The number of nitrogens with two attached hydrogens (primary N) is 1. The summed E-state index contributed by atoms with van der Waals surface area (Å²) in [4.78, 5) is 0.0214. The van der Waals surface area contributed by atoms with Crippen LogP contribution in [-0.2, 0) is 10.0 Å². The molecule has 7 heteroatoms. The molecule has 0 atom stereocenters. The molecule has 1 aliphatic rings. The standard InChI is InChI=1S/C14H20BrFN2O2S/c1-18(10-6-4-2-3-5-7-10)21(19,20)14-9-13(17)12(16)8-11(14)15/h8-10H,2-7,17H2,1H3. The van der Waals surface area contributed by atoms with E-state index in [9.17, 15) is 12.8 Å². The zero-order valence-corrected chi connectivity index (χ0v) is 14.4. The molecule has 0 radical (unpaired) electrons. The number of nitrogen functional groups attached to an aromatic ring is 1.